The first-order valence-electron chi connectivity index (χ1n) is 6.95. The molecule has 3 nitrogen and oxygen atoms in total. The minimum Gasteiger partial charge on any atom is -0.456 e. The largest absolute Gasteiger partial charge is 0.456 e. The fourth-order valence-electron chi connectivity index (χ4n) is 3.62. The SMILES string of the molecule is CC1(C)C(C(NN)c2cc3cccc(F)c3o2)C1(C)C. The quantitative estimate of drug-likeness (QED) is 0.663. The maximum Gasteiger partial charge on any atom is 0.169 e. The number of furan rings is 1. The molecule has 1 fully saturated rings. The average Bonchev–Trinajstić information content (AvgIpc) is 2.72. The number of fused-ring (bicyclic) bond motifs is 1. The Hall–Kier alpha value is -1.39. The highest BCUT2D eigenvalue weighted by atomic mass is 19.1. The molecule has 1 saturated carbocycles. The molecule has 1 unspecified atom stereocenters. The highest BCUT2D eigenvalue weighted by Gasteiger charge is 2.67. The molecule has 0 radical (unpaired) electrons. The Labute approximate surface area is 118 Å². The van der Waals surface area contributed by atoms with Crippen LogP contribution in [0.25, 0.3) is 11.0 Å². The third-order valence-electron chi connectivity index (χ3n) is 5.47. The smallest absolute Gasteiger partial charge is 0.169 e. The molecule has 2 aromatic rings. The average molecular weight is 276 g/mol. The van der Waals surface area contributed by atoms with Crippen molar-refractivity contribution in [2.75, 3.05) is 0 Å². The predicted octanol–water partition coefficient (Wildman–Crippen LogP) is 3.76. The van der Waals surface area contributed by atoms with Gasteiger partial charge in [-0.1, -0.05) is 39.8 Å². The van der Waals surface area contributed by atoms with E-state index in [1.165, 1.54) is 6.07 Å². The Morgan fingerprint density at radius 3 is 2.40 bits per heavy atom. The second kappa shape index (κ2) is 4.06. The molecule has 108 valence electrons. The van der Waals surface area contributed by atoms with Crippen molar-refractivity contribution in [2.24, 2.45) is 22.6 Å². The van der Waals surface area contributed by atoms with E-state index in [0.29, 0.717) is 17.3 Å². The van der Waals surface area contributed by atoms with Crippen molar-refractivity contribution in [3.8, 4) is 0 Å². The molecule has 1 atom stereocenters. The van der Waals surface area contributed by atoms with E-state index in [2.05, 4.69) is 33.1 Å². The summed E-state index contributed by atoms with van der Waals surface area (Å²) in [6.07, 6.45) is 0. The molecule has 1 aromatic carbocycles. The van der Waals surface area contributed by atoms with Gasteiger partial charge in [0.1, 0.15) is 5.76 Å². The van der Waals surface area contributed by atoms with Gasteiger partial charge >= 0.3 is 0 Å². The third-order valence-corrected chi connectivity index (χ3v) is 5.47. The van der Waals surface area contributed by atoms with Crippen LogP contribution < -0.4 is 11.3 Å². The van der Waals surface area contributed by atoms with Gasteiger partial charge in [-0.2, -0.15) is 0 Å². The van der Waals surface area contributed by atoms with Gasteiger partial charge in [-0.05, 0) is 28.9 Å². The minimum absolute atomic E-state index is 0.105. The van der Waals surface area contributed by atoms with Crippen molar-refractivity contribution in [1.29, 1.82) is 0 Å². The second-order valence-electron chi connectivity index (χ2n) is 6.87. The zero-order valence-electron chi connectivity index (χ0n) is 12.3. The van der Waals surface area contributed by atoms with Gasteiger partial charge in [-0.3, -0.25) is 5.84 Å². The summed E-state index contributed by atoms with van der Waals surface area (Å²) >= 11 is 0. The summed E-state index contributed by atoms with van der Waals surface area (Å²) < 4.78 is 19.5. The van der Waals surface area contributed by atoms with E-state index in [9.17, 15) is 4.39 Å². The zero-order chi connectivity index (χ0) is 14.7. The lowest BCUT2D eigenvalue weighted by molar-refractivity contribution is 0.353. The Balaban J connectivity index is 2.03. The van der Waals surface area contributed by atoms with Gasteiger partial charge in [0.2, 0.25) is 0 Å². The Bertz CT molecular complexity index is 646. The number of rotatable bonds is 3. The van der Waals surface area contributed by atoms with Crippen LogP contribution in [-0.2, 0) is 0 Å². The summed E-state index contributed by atoms with van der Waals surface area (Å²) in [6.45, 7) is 8.91. The molecule has 3 N–H and O–H groups in total. The van der Waals surface area contributed by atoms with E-state index in [-0.39, 0.29) is 22.7 Å². The van der Waals surface area contributed by atoms with Gasteiger partial charge in [0, 0.05) is 5.39 Å². The molecule has 4 heteroatoms. The van der Waals surface area contributed by atoms with Crippen molar-refractivity contribution in [2.45, 2.75) is 33.7 Å². The number of para-hydroxylation sites is 1. The lowest BCUT2D eigenvalue weighted by Gasteiger charge is -2.15. The normalized spacial score (nSPS) is 22.1. The minimum atomic E-state index is -0.334. The Kier molecular flexibility index (Phi) is 2.76. The van der Waals surface area contributed by atoms with Crippen LogP contribution in [0.2, 0.25) is 0 Å². The van der Waals surface area contributed by atoms with Gasteiger partial charge in [0.05, 0.1) is 6.04 Å². The number of benzene rings is 1. The van der Waals surface area contributed by atoms with Crippen molar-refractivity contribution in [1.82, 2.24) is 5.43 Å². The second-order valence-corrected chi connectivity index (χ2v) is 6.87. The van der Waals surface area contributed by atoms with Crippen LogP contribution >= 0.6 is 0 Å². The number of nitrogens with one attached hydrogen (secondary N) is 1. The molecule has 1 aromatic heterocycles. The molecule has 20 heavy (non-hydrogen) atoms. The van der Waals surface area contributed by atoms with E-state index < -0.39 is 0 Å². The molecule has 1 heterocycles. The summed E-state index contributed by atoms with van der Waals surface area (Å²) in [4.78, 5) is 0. The van der Waals surface area contributed by atoms with Gasteiger partial charge in [-0.15, -0.1) is 0 Å². The lowest BCUT2D eigenvalue weighted by atomic mass is 10.0. The maximum atomic E-state index is 13.7. The molecule has 0 bridgehead atoms. The molecule has 1 aliphatic rings. The van der Waals surface area contributed by atoms with Crippen molar-refractivity contribution in [3.05, 3.63) is 35.8 Å². The van der Waals surface area contributed by atoms with Gasteiger partial charge in [0.25, 0.3) is 0 Å². The van der Waals surface area contributed by atoms with Crippen LogP contribution in [0.4, 0.5) is 4.39 Å². The number of halogens is 1. The summed E-state index contributed by atoms with van der Waals surface area (Å²) in [5, 5.41) is 0.775. The molecule has 0 aliphatic heterocycles. The van der Waals surface area contributed by atoms with Crippen LogP contribution in [0.1, 0.15) is 39.5 Å². The lowest BCUT2D eigenvalue weighted by Crippen LogP contribution is -2.31. The molecule has 0 spiro atoms. The molecule has 0 saturated heterocycles. The number of hydrogen-bond acceptors (Lipinski definition) is 3. The summed E-state index contributed by atoms with van der Waals surface area (Å²) in [5.41, 5.74) is 3.50. The van der Waals surface area contributed by atoms with Crippen LogP contribution in [0.15, 0.2) is 28.7 Å². The van der Waals surface area contributed by atoms with E-state index in [0.717, 1.165) is 5.39 Å². The van der Waals surface area contributed by atoms with Crippen LogP contribution in [0.3, 0.4) is 0 Å². The van der Waals surface area contributed by atoms with E-state index in [4.69, 9.17) is 10.3 Å². The van der Waals surface area contributed by atoms with Gasteiger partial charge in [0.15, 0.2) is 11.4 Å². The first-order valence-corrected chi connectivity index (χ1v) is 6.95. The number of nitrogens with two attached hydrogens (primary N) is 1. The van der Waals surface area contributed by atoms with E-state index in [1.54, 1.807) is 6.07 Å². The third kappa shape index (κ3) is 1.64. The van der Waals surface area contributed by atoms with Crippen molar-refractivity contribution < 1.29 is 8.81 Å². The fourth-order valence-corrected chi connectivity index (χ4v) is 3.62. The monoisotopic (exact) mass is 276 g/mol. The summed E-state index contributed by atoms with van der Waals surface area (Å²) in [5.74, 6) is 6.47. The first kappa shape index (κ1) is 13.6. The standard InChI is InChI=1S/C16H21FN2O/c1-15(2)14(16(15,3)4)12(19-18)11-8-9-6-5-7-10(17)13(9)20-11/h5-8,12,14,19H,18H2,1-4H3. The van der Waals surface area contributed by atoms with Gasteiger partial charge in [-0.25, -0.2) is 9.82 Å². The number of hydrazine groups is 1. The maximum absolute atomic E-state index is 13.7. The van der Waals surface area contributed by atoms with Gasteiger partial charge < -0.3 is 4.42 Å². The highest BCUT2D eigenvalue weighted by Crippen LogP contribution is 2.72. The van der Waals surface area contributed by atoms with Crippen LogP contribution in [0, 0.1) is 22.6 Å². The topological polar surface area (TPSA) is 51.2 Å². The summed E-state index contributed by atoms with van der Waals surface area (Å²) in [7, 11) is 0. The predicted molar refractivity (Wildman–Crippen MR) is 77.3 cm³/mol. The Morgan fingerprint density at radius 1 is 1.25 bits per heavy atom. The molecular formula is C16H21FN2O. The van der Waals surface area contributed by atoms with E-state index >= 15 is 0 Å². The summed E-state index contributed by atoms with van der Waals surface area (Å²) in [6, 6.07) is 6.72. The molecule has 3 rings (SSSR count). The van der Waals surface area contributed by atoms with Crippen molar-refractivity contribution >= 4 is 11.0 Å². The highest BCUT2D eigenvalue weighted by molar-refractivity contribution is 5.78. The van der Waals surface area contributed by atoms with E-state index in [1.807, 2.05) is 12.1 Å². The fraction of sp³-hybridized carbons (Fsp3) is 0.500. The molecule has 1 aliphatic carbocycles. The Morgan fingerprint density at radius 2 is 1.90 bits per heavy atom. The molecule has 0 amide bonds. The van der Waals surface area contributed by atoms with Crippen LogP contribution in [0.5, 0.6) is 0 Å². The zero-order valence-corrected chi connectivity index (χ0v) is 12.3. The first-order chi connectivity index (χ1) is 9.30. The molecular weight excluding hydrogens is 255 g/mol. The number of hydrogen-bond donors (Lipinski definition) is 2. The van der Waals surface area contributed by atoms with Crippen LogP contribution in [-0.4, -0.2) is 0 Å². The van der Waals surface area contributed by atoms with Crippen molar-refractivity contribution in [3.63, 3.8) is 0 Å².